The summed E-state index contributed by atoms with van der Waals surface area (Å²) in [6.07, 6.45) is 4.77. The number of hydrogen-bond donors (Lipinski definition) is 1. The Kier molecular flexibility index (Phi) is 3.04. The maximum Gasteiger partial charge on any atom is 0.337 e. The average molecular weight is 233 g/mol. The second-order valence-electron chi connectivity index (χ2n) is 3.52. The lowest BCUT2D eigenvalue weighted by molar-refractivity contribution is 0.0695. The molecular weight excluding hydrogens is 222 g/mol. The fourth-order valence-corrected chi connectivity index (χ4v) is 1.48. The van der Waals surface area contributed by atoms with Gasteiger partial charge in [0.2, 0.25) is 0 Å². The minimum Gasteiger partial charge on any atom is -0.478 e. The number of pyridine rings is 1. The molecule has 17 heavy (non-hydrogen) atoms. The zero-order chi connectivity index (χ0) is 12.3. The molecule has 0 unspecified atom stereocenters. The van der Waals surface area contributed by atoms with Crippen LogP contribution in [0.1, 0.15) is 10.4 Å². The minimum absolute atomic E-state index is 0.102. The largest absolute Gasteiger partial charge is 0.478 e. The highest BCUT2D eigenvalue weighted by molar-refractivity contribution is 5.87. The highest BCUT2D eigenvalue weighted by atomic mass is 16.4. The molecule has 6 heteroatoms. The zero-order valence-electron chi connectivity index (χ0n) is 8.98. The van der Waals surface area contributed by atoms with E-state index in [-0.39, 0.29) is 11.1 Å². The molecule has 6 nitrogen and oxygen atoms in total. The molecule has 0 aliphatic rings. The van der Waals surface area contributed by atoms with Crippen LogP contribution in [0.25, 0.3) is 0 Å². The van der Waals surface area contributed by atoms with Crippen molar-refractivity contribution in [1.82, 2.24) is 14.3 Å². The molecule has 88 valence electrons. The van der Waals surface area contributed by atoms with Crippen LogP contribution < -0.4 is 5.56 Å². The lowest BCUT2D eigenvalue weighted by Gasteiger charge is -2.06. The molecule has 0 atom stereocenters. The van der Waals surface area contributed by atoms with Crippen molar-refractivity contribution in [2.45, 2.75) is 13.1 Å². The highest BCUT2D eigenvalue weighted by Crippen LogP contribution is 1.96. The summed E-state index contributed by atoms with van der Waals surface area (Å²) >= 11 is 0. The first-order valence-corrected chi connectivity index (χ1v) is 5.08. The van der Waals surface area contributed by atoms with Gasteiger partial charge in [0.25, 0.3) is 5.56 Å². The number of rotatable bonds is 4. The molecule has 2 heterocycles. The fraction of sp³-hybridized carbons (Fsp3) is 0.182. The molecule has 0 fully saturated rings. The highest BCUT2D eigenvalue weighted by Gasteiger charge is 2.05. The van der Waals surface area contributed by atoms with Gasteiger partial charge < -0.3 is 9.67 Å². The van der Waals surface area contributed by atoms with E-state index in [1.54, 1.807) is 23.1 Å². The van der Waals surface area contributed by atoms with Crippen molar-refractivity contribution in [2.24, 2.45) is 0 Å². The maximum atomic E-state index is 11.5. The quantitative estimate of drug-likeness (QED) is 0.831. The van der Waals surface area contributed by atoms with E-state index < -0.39 is 5.97 Å². The van der Waals surface area contributed by atoms with Gasteiger partial charge in [0.05, 0.1) is 12.1 Å². The monoisotopic (exact) mass is 233 g/mol. The summed E-state index contributed by atoms with van der Waals surface area (Å²) in [6.45, 7) is 0.914. The van der Waals surface area contributed by atoms with E-state index in [1.165, 1.54) is 22.9 Å². The number of carboxylic acid groups (broad SMARTS) is 1. The van der Waals surface area contributed by atoms with Gasteiger partial charge in [-0.25, -0.2) is 4.79 Å². The molecule has 0 amide bonds. The lowest BCUT2D eigenvalue weighted by atomic mass is 10.3. The molecular formula is C11H11N3O3. The van der Waals surface area contributed by atoms with Gasteiger partial charge in [-0.2, -0.15) is 5.10 Å². The Morgan fingerprint density at radius 3 is 2.82 bits per heavy atom. The first-order valence-electron chi connectivity index (χ1n) is 5.08. The predicted octanol–water partition coefficient (Wildman–Crippen LogP) is 0.443. The number of carboxylic acids is 1. The number of carbonyl (C=O) groups is 1. The van der Waals surface area contributed by atoms with Gasteiger partial charge in [0.15, 0.2) is 0 Å². The van der Waals surface area contributed by atoms with Gasteiger partial charge in [-0.05, 0) is 12.1 Å². The third kappa shape index (κ3) is 2.60. The Morgan fingerprint density at radius 1 is 1.35 bits per heavy atom. The van der Waals surface area contributed by atoms with Crippen LogP contribution in [0.5, 0.6) is 0 Å². The van der Waals surface area contributed by atoms with Crippen LogP contribution in [0, 0.1) is 0 Å². The van der Waals surface area contributed by atoms with Crippen LogP contribution in [0.2, 0.25) is 0 Å². The average Bonchev–Trinajstić information content (AvgIpc) is 2.80. The summed E-state index contributed by atoms with van der Waals surface area (Å²) in [5.74, 6) is -1.04. The predicted molar refractivity (Wildman–Crippen MR) is 59.9 cm³/mol. The number of aromatic nitrogens is 3. The SMILES string of the molecule is O=C(O)c1ccc(=O)n(CCn2cccn2)c1. The van der Waals surface area contributed by atoms with Gasteiger partial charge in [-0.15, -0.1) is 0 Å². The van der Waals surface area contributed by atoms with Gasteiger partial charge in [0.1, 0.15) is 0 Å². The van der Waals surface area contributed by atoms with Gasteiger partial charge in [0, 0.05) is 31.2 Å². The van der Waals surface area contributed by atoms with Crippen molar-refractivity contribution in [2.75, 3.05) is 0 Å². The molecule has 0 aromatic carbocycles. The molecule has 0 saturated heterocycles. The van der Waals surface area contributed by atoms with Crippen molar-refractivity contribution in [3.05, 3.63) is 52.7 Å². The number of aryl methyl sites for hydroxylation is 2. The molecule has 2 aromatic rings. The summed E-state index contributed by atoms with van der Waals surface area (Å²) in [6, 6.07) is 4.35. The molecule has 2 rings (SSSR count). The second kappa shape index (κ2) is 4.65. The van der Waals surface area contributed by atoms with Crippen LogP contribution in [0.4, 0.5) is 0 Å². The molecule has 0 saturated carbocycles. The van der Waals surface area contributed by atoms with E-state index in [0.29, 0.717) is 13.1 Å². The Balaban J connectivity index is 2.17. The number of hydrogen-bond acceptors (Lipinski definition) is 3. The fourth-order valence-electron chi connectivity index (χ4n) is 1.48. The Labute approximate surface area is 96.7 Å². The van der Waals surface area contributed by atoms with E-state index >= 15 is 0 Å². The minimum atomic E-state index is -1.04. The van der Waals surface area contributed by atoms with Crippen LogP contribution in [0.15, 0.2) is 41.6 Å². The smallest absolute Gasteiger partial charge is 0.337 e. The first kappa shape index (κ1) is 11.1. The van der Waals surface area contributed by atoms with Crippen LogP contribution >= 0.6 is 0 Å². The normalized spacial score (nSPS) is 10.4. The molecule has 1 N–H and O–H groups in total. The van der Waals surface area contributed by atoms with Crippen LogP contribution in [-0.4, -0.2) is 25.4 Å². The van der Waals surface area contributed by atoms with Gasteiger partial charge in [-0.3, -0.25) is 9.48 Å². The summed E-state index contributed by atoms with van der Waals surface area (Å²) in [7, 11) is 0. The topological polar surface area (TPSA) is 77.1 Å². The molecule has 0 aliphatic carbocycles. The molecule has 2 aromatic heterocycles. The zero-order valence-corrected chi connectivity index (χ0v) is 8.98. The first-order chi connectivity index (χ1) is 8.16. The Hall–Kier alpha value is -2.37. The summed E-state index contributed by atoms with van der Waals surface area (Å²) in [5.41, 5.74) is -0.118. The van der Waals surface area contributed by atoms with Crippen molar-refractivity contribution < 1.29 is 9.90 Å². The summed E-state index contributed by atoms with van der Waals surface area (Å²) < 4.78 is 3.05. The number of nitrogens with zero attached hydrogens (tertiary/aromatic N) is 3. The van der Waals surface area contributed by atoms with Crippen molar-refractivity contribution >= 4 is 5.97 Å². The standard InChI is InChI=1S/C11H11N3O3/c15-10-3-2-9(11(16)17)8-13(10)6-7-14-5-1-4-12-14/h1-5,8H,6-7H2,(H,16,17). The number of aromatic carboxylic acids is 1. The second-order valence-corrected chi connectivity index (χ2v) is 3.52. The third-order valence-corrected chi connectivity index (χ3v) is 2.36. The third-order valence-electron chi connectivity index (χ3n) is 2.36. The Morgan fingerprint density at radius 2 is 2.18 bits per heavy atom. The van der Waals surface area contributed by atoms with Gasteiger partial charge >= 0.3 is 5.97 Å². The van der Waals surface area contributed by atoms with E-state index in [2.05, 4.69) is 5.10 Å². The molecule has 0 radical (unpaired) electrons. The van der Waals surface area contributed by atoms with E-state index in [4.69, 9.17) is 5.11 Å². The molecule has 0 bridgehead atoms. The van der Waals surface area contributed by atoms with E-state index in [1.807, 2.05) is 0 Å². The Bertz CT molecular complexity index is 572. The van der Waals surface area contributed by atoms with Crippen LogP contribution in [0.3, 0.4) is 0 Å². The molecule has 0 spiro atoms. The van der Waals surface area contributed by atoms with E-state index in [9.17, 15) is 9.59 Å². The lowest BCUT2D eigenvalue weighted by Crippen LogP contribution is -2.22. The van der Waals surface area contributed by atoms with Crippen molar-refractivity contribution in [3.63, 3.8) is 0 Å². The molecule has 0 aliphatic heterocycles. The summed E-state index contributed by atoms with van der Waals surface area (Å²) in [4.78, 5) is 22.3. The van der Waals surface area contributed by atoms with Crippen LogP contribution in [-0.2, 0) is 13.1 Å². The van der Waals surface area contributed by atoms with Gasteiger partial charge in [-0.1, -0.05) is 0 Å². The summed E-state index contributed by atoms with van der Waals surface area (Å²) in [5, 5.41) is 12.8. The maximum absolute atomic E-state index is 11.5. The van der Waals surface area contributed by atoms with Crippen molar-refractivity contribution in [3.8, 4) is 0 Å². The van der Waals surface area contributed by atoms with E-state index in [0.717, 1.165) is 0 Å². The van der Waals surface area contributed by atoms with Crippen molar-refractivity contribution in [1.29, 1.82) is 0 Å².